The predicted molar refractivity (Wildman–Crippen MR) is 114 cm³/mol. The van der Waals surface area contributed by atoms with Crippen LogP contribution in [0, 0.1) is 11.3 Å². The average Bonchev–Trinajstić information content (AvgIpc) is 3.66. The summed E-state index contributed by atoms with van der Waals surface area (Å²) in [5, 5.41) is 17.1. The van der Waals surface area contributed by atoms with Gasteiger partial charge in [0.1, 0.15) is 6.33 Å². The molecule has 0 unspecified atom stereocenters. The second-order valence-electron chi connectivity index (χ2n) is 6.94. The summed E-state index contributed by atoms with van der Waals surface area (Å²) in [6.07, 6.45) is 7.24. The van der Waals surface area contributed by atoms with Gasteiger partial charge in [0.15, 0.2) is 5.82 Å². The minimum Gasteiger partial charge on any atom is -0.387 e. The molecule has 2 aromatic heterocycles. The smallest absolute Gasteiger partial charge is 0.387 e. The van der Waals surface area contributed by atoms with Crippen molar-refractivity contribution in [2.45, 2.75) is 18.8 Å². The molecule has 0 saturated heterocycles. The molecule has 0 atom stereocenters. The molecule has 0 spiro atoms. The van der Waals surface area contributed by atoms with E-state index in [4.69, 9.17) is 10.00 Å². The Balaban J connectivity index is 1.58. The second-order valence-corrected chi connectivity index (χ2v) is 6.94. The van der Waals surface area contributed by atoms with Crippen molar-refractivity contribution in [3.05, 3.63) is 59.9 Å². The Kier molecular flexibility index (Phi) is 5.85. The molecule has 2 heterocycles. The average molecular weight is 430 g/mol. The summed E-state index contributed by atoms with van der Waals surface area (Å²) in [6, 6.07) is 6.28. The fourth-order valence-electron chi connectivity index (χ4n) is 2.89. The normalized spacial score (nSPS) is 12.4. The molecule has 1 aliphatic rings. The Hall–Kier alpha value is -4.59. The van der Waals surface area contributed by atoms with E-state index in [1.165, 1.54) is 31.6 Å². The van der Waals surface area contributed by atoms with Gasteiger partial charge in [0.25, 0.3) is 11.8 Å². The zero-order valence-electron chi connectivity index (χ0n) is 17.0. The fraction of sp³-hybridized carbons (Fsp3) is 0.190. The highest BCUT2D eigenvalue weighted by molar-refractivity contribution is 6.03. The minimum absolute atomic E-state index is 0.0223. The summed E-state index contributed by atoms with van der Waals surface area (Å²) in [6.45, 7) is 0. The fourth-order valence-corrected chi connectivity index (χ4v) is 2.89. The van der Waals surface area contributed by atoms with Crippen LogP contribution >= 0.6 is 0 Å². The molecule has 160 valence electrons. The third-order valence-corrected chi connectivity index (χ3v) is 4.62. The highest BCUT2D eigenvalue weighted by Crippen LogP contribution is 2.40. The van der Waals surface area contributed by atoms with E-state index in [9.17, 15) is 9.59 Å². The lowest BCUT2D eigenvalue weighted by atomic mass is 10.1. The van der Waals surface area contributed by atoms with Crippen molar-refractivity contribution in [2.75, 3.05) is 17.7 Å². The molecule has 2 amide bonds. The number of anilines is 3. The molecule has 4 rings (SSSR count). The summed E-state index contributed by atoms with van der Waals surface area (Å²) >= 11 is 0. The maximum absolute atomic E-state index is 12.7. The monoisotopic (exact) mass is 430 g/mol. The van der Waals surface area contributed by atoms with Crippen LogP contribution in [0.1, 0.15) is 40.4 Å². The largest absolute Gasteiger partial charge is 0.418 e. The van der Waals surface area contributed by atoms with E-state index in [1.807, 2.05) is 6.07 Å². The Morgan fingerprint density at radius 3 is 2.66 bits per heavy atom. The molecular weight excluding hydrogens is 412 g/mol. The predicted octanol–water partition coefficient (Wildman–Crippen LogP) is 2.73. The van der Waals surface area contributed by atoms with Crippen LogP contribution in [0.2, 0.25) is 0 Å². The maximum Gasteiger partial charge on any atom is 0.418 e. The first-order valence-corrected chi connectivity index (χ1v) is 9.71. The van der Waals surface area contributed by atoms with Crippen LogP contribution in [-0.4, -0.2) is 39.0 Å². The molecule has 3 aromatic rings. The number of nitrogens with one attached hydrogen (secondary N) is 3. The van der Waals surface area contributed by atoms with E-state index in [-0.39, 0.29) is 28.5 Å². The van der Waals surface area contributed by atoms with Crippen molar-refractivity contribution in [2.24, 2.45) is 0 Å². The second kappa shape index (κ2) is 9.05. The first kappa shape index (κ1) is 20.7. The van der Waals surface area contributed by atoms with Gasteiger partial charge in [-0.25, -0.2) is 24.7 Å². The lowest BCUT2D eigenvalue weighted by Gasteiger charge is -2.13. The molecule has 32 heavy (non-hydrogen) atoms. The Morgan fingerprint density at radius 2 is 1.97 bits per heavy atom. The quantitative estimate of drug-likeness (QED) is 0.535. The molecule has 3 N–H and O–H groups in total. The van der Waals surface area contributed by atoms with Crippen LogP contribution in [-0.2, 0) is 0 Å². The van der Waals surface area contributed by atoms with Crippen molar-refractivity contribution in [3.8, 4) is 11.9 Å². The first-order valence-electron chi connectivity index (χ1n) is 9.71. The maximum atomic E-state index is 12.7. The summed E-state index contributed by atoms with van der Waals surface area (Å²) < 4.78 is 5.44. The summed E-state index contributed by atoms with van der Waals surface area (Å²) in [4.78, 5) is 41.5. The number of rotatable bonds is 6. The zero-order valence-corrected chi connectivity index (χ0v) is 17.0. The molecule has 1 fully saturated rings. The van der Waals surface area contributed by atoms with Crippen molar-refractivity contribution in [1.82, 2.24) is 25.3 Å². The van der Waals surface area contributed by atoms with Gasteiger partial charge in [0.05, 0.1) is 52.9 Å². The summed E-state index contributed by atoms with van der Waals surface area (Å²) in [5.41, 5.74) is 1.86. The van der Waals surface area contributed by atoms with Crippen LogP contribution in [0.15, 0.2) is 43.1 Å². The van der Waals surface area contributed by atoms with Gasteiger partial charge >= 0.3 is 6.09 Å². The van der Waals surface area contributed by atoms with Crippen molar-refractivity contribution < 1.29 is 14.3 Å². The molecule has 0 radical (unpaired) electrons. The number of ether oxygens (including phenoxy) is 1. The van der Waals surface area contributed by atoms with Crippen molar-refractivity contribution in [3.63, 3.8) is 0 Å². The zero-order chi connectivity index (χ0) is 22.5. The molecule has 0 bridgehead atoms. The molecule has 1 aromatic carbocycles. The van der Waals surface area contributed by atoms with Crippen LogP contribution < -0.4 is 20.7 Å². The van der Waals surface area contributed by atoms with Crippen molar-refractivity contribution in [1.29, 1.82) is 5.26 Å². The summed E-state index contributed by atoms with van der Waals surface area (Å²) in [7, 11) is 1.45. The molecule has 1 aliphatic carbocycles. The number of aromatic nitrogens is 4. The van der Waals surface area contributed by atoms with Gasteiger partial charge in [-0.15, -0.1) is 0 Å². The number of carbonyl (C=O) groups is 2. The highest BCUT2D eigenvalue weighted by atomic mass is 16.6. The molecule has 11 heteroatoms. The van der Waals surface area contributed by atoms with Gasteiger partial charge in [0, 0.05) is 13.0 Å². The number of benzene rings is 1. The van der Waals surface area contributed by atoms with Crippen LogP contribution in [0.3, 0.4) is 0 Å². The van der Waals surface area contributed by atoms with E-state index in [2.05, 4.69) is 35.9 Å². The van der Waals surface area contributed by atoms with Crippen LogP contribution in [0.25, 0.3) is 0 Å². The van der Waals surface area contributed by atoms with Crippen molar-refractivity contribution >= 4 is 29.2 Å². The first-order chi connectivity index (χ1) is 15.6. The third-order valence-electron chi connectivity index (χ3n) is 4.62. The van der Waals surface area contributed by atoms with E-state index >= 15 is 0 Å². The number of carbonyl (C=O) groups excluding carboxylic acids is 2. The highest BCUT2D eigenvalue weighted by Gasteiger charge is 2.27. The lowest BCUT2D eigenvalue weighted by Crippen LogP contribution is -2.23. The number of hydrogen-bond acceptors (Lipinski definition) is 9. The van der Waals surface area contributed by atoms with Gasteiger partial charge in [-0.3, -0.25) is 10.1 Å². The lowest BCUT2D eigenvalue weighted by molar-refractivity contribution is 0.0964. The number of hydrogen-bond donors (Lipinski definition) is 3. The van der Waals surface area contributed by atoms with E-state index in [0.29, 0.717) is 11.6 Å². The number of amides is 2. The van der Waals surface area contributed by atoms with Gasteiger partial charge in [-0.05, 0) is 31.0 Å². The van der Waals surface area contributed by atoms with Gasteiger partial charge < -0.3 is 15.4 Å². The topological polar surface area (TPSA) is 155 Å². The number of nitriles is 1. The molecule has 1 saturated carbocycles. The van der Waals surface area contributed by atoms with E-state index < -0.39 is 12.0 Å². The van der Waals surface area contributed by atoms with Gasteiger partial charge in [-0.1, -0.05) is 0 Å². The minimum atomic E-state index is -0.866. The SMILES string of the molecule is CNC(=O)c1cc(C#N)ccc1NC(=O)Oc1nc(C2CC2)cnc1Nc1cncnc1. The Bertz CT molecular complexity index is 1210. The molecule has 11 nitrogen and oxygen atoms in total. The molecular formula is C21H18N8O3. The van der Waals surface area contributed by atoms with Crippen LogP contribution in [0.4, 0.5) is 22.0 Å². The van der Waals surface area contributed by atoms with E-state index in [0.717, 1.165) is 18.5 Å². The standard InChI is InChI=1S/C21H18N8O3/c1-23-19(30)15-6-12(7-22)2-5-16(15)29-21(31)32-20-18(27-14-8-24-11-25-9-14)26-10-17(28-20)13-3-4-13/h2,5-6,8-11,13H,3-4H2,1H3,(H,23,30)(H,26,27)(H,29,31). The third kappa shape index (κ3) is 4.76. The molecule has 0 aliphatic heterocycles. The summed E-state index contributed by atoms with van der Waals surface area (Å²) in [5.74, 6) is 0.0244. The Morgan fingerprint density at radius 1 is 1.19 bits per heavy atom. The van der Waals surface area contributed by atoms with Crippen LogP contribution in [0.5, 0.6) is 5.88 Å². The van der Waals surface area contributed by atoms with Gasteiger partial charge in [0.2, 0.25) is 0 Å². The number of nitrogens with zero attached hydrogens (tertiary/aromatic N) is 5. The Labute approximate surface area is 182 Å². The van der Waals surface area contributed by atoms with E-state index in [1.54, 1.807) is 18.6 Å². The van der Waals surface area contributed by atoms with Gasteiger partial charge in [-0.2, -0.15) is 5.26 Å².